The van der Waals surface area contributed by atoms with Gasteiger partial charge in [-0.15, -0.1) is 0 Å². The molecule has 120 valence electrons. The van der Waals surface area contributed by atoms with Gasteiger partial charge in [-0.3, -0.25) is 9.59 Å². The van der Waals surface area contributed by atoms with Gasteiger partial charge in [0.05, 0.1) is 0 Å². The minimum absolute atomic E-state index is 0.0330. The van der Waals surface area contributed by atoms with Crippen molar-refractivity contribution in [3.63, 3.8) is 0 Å². The van der Waals surface area contributed by atoms with Crippen LogP contribution in [0.3, 0.4) is 0 Å². The first kappa shape index (κ1) is 16.3. The van der Waals surface area contributed by atoms with Crippen LogP contribution < -0.4 is 5.32 Å². The van der Waals surface area contributed by atoms with Crippen molar-refractivity contribution in [3.05, 3.63) is 0 Å². The third-order valence-corrected chi connectivity index (χ3v) is 4.69. The maximum atomic E-state index is 12.4. The van der Waals surface area contributed by atoms with Crippen molar-refractivity contribution in [2.75, 3.05) is 19.7 Å². The van der Waals surface area contributed by atoms with E-state index in [1.165, 1.54) is 0 Å². The molecule has 0 aromatic rings. The van der Waals surface area contributed by atoms with Crippen LogP contribution in [0.15, 0.2) is 0 Å². The maximum absolute atomic E-state index is 12.4. The Hall–Kier alpha value is -1.10. The molecule has 0 spiro atoms. The molecule has 2 amide bonds. The van der Waals surface area contributed by atoms with Gasteiger partial charge in [-0.1, -0.05) is 20.8 Å². The highest BCUT2D eigenvalue weighted by atomic mass is 16.3. The molecule has 21 heavy (non-hydrogen) atoms. The standard InChI is InChI=1S/C16H28N2O3/c1-15(2,3)14(21)18-9-4-5-12(18)13(20)17-11-16(6-7-16)8-10-19/h12,19H,4-11H2,1-3H3,(H,17,20). The average molecular weight is 296 g/mol. The van der Waals surface area contributed by atoms with Crippen LogP contribution in [0.4, 0.5) is 0 Å². The summed E-state index contributed by atoms with van der Waals surface area (Å²) in [6.45, 7) is 7.15. The Morgan fingerprint density at radius 1 is 1.33 bits per heavy atom. The molecule has 5 heteroatoms. The fourth-order valence-electron chi connectivity index (χ4n) is 3.03. The topological polar surface area (TPSA) is 69.6 Å². The van der Waals surface area contributed by atoms with Gasteiger partial charge in [0.2, 0.25) is 11.8 Å². The van der Waals surface area contributed by atoms with E-state index < -0.39 is 5.41 Å². The number of carbonyl (C=O) groups is 2. The molecule has 2 aliphatic rings. The number of carbonyl (C=O) groups excluding carboxylic acids is 2. The van der Waals surface area contributed by atoms with E-state index in [2.05, 4.69) is 5.32 Å². The molecule has 1 heterocycles. The van der Waals surface area contributed by atoms with Crippen LogP contribution in [-0.2, 0) is 9.59 Å². The molecule has 2 N–H and O–H groups in total. The number of hydrogen-bond donors (Lipinski definition) is 2. The Labute approximate surface area is 127 Å². The predicted molar refractivity (Wildman–Crippen MR) is 80.6 cm³/mol. The largest absolute Gasteiger partial charge is 0.396 e. The molecule has 1 aliphatic heterocycles. The van der Waals surface area contributed by atoms with Crippen molar-refractivity contribution >= 4 is 11.8 Å². The second kappa shape index (κ2) is 5.95. The van der Waals surface area contributed by atoms with Gasteiger partial charge in [0.15, 0.2) is 0 Å². The molecule has 1 aliphatic carbocycles. The second-order valence-corrected chi connectivity index (χ2v) is 7.60. The number of likely N-dealkylation sites (tertiary alicyclic amines) is 1. The van der Waals surface area contributed by atoms with Crippen LogP contribution in [0.25, 0.3) is 0 Å². The van der Waals surface area contributed by atoms with E-state index in [0.717, 1.165) is 32.1 Å². The summed E-state index contributed by atoms with van der Waals surface area (Å²) in [5.74, 6) is 0.0194. The number of amides is 2. The number of aliphatic hydroxyl groups is 1. The van der Waals surface area contributed by atoms with Gasteiger partial charge in [0, 0.05) is 25.1 Å². The Kier molecular flexibility index (Phi) is 4.61. The number of hydrogen-bond acceptors (Lipinski definition) is 3. The van der Waals surface area contributed by atoms with E-state index in [-0.39, 0.29) is 29.9 Å². The molecule has 1 unspecified atom stereocenters. The van der Waals surface area contributed by atoms with Crippen molar-refractivity contribution in [1.82, 2.24) is 10.2 Å². The lowest BCUT2D eigenvalue weighted by Crippen LogP contribution is -2.50. The highest BCUT2D eigenvalue weighted by Gasteiger charge is 2.43. The first-order valence-electron chi connectivity index (χ1n) is 7.99. The van der Waals surface area contributed by atoms with Gasteiger partial charge in [-0.05, 0) is 37.5 Å². The van der Waals surface area contributed by atoms with E-state index >= 15 is 0 Å². The van der Waals surface area contributed by atoms with Crippen molar-refractivity contribution in [1.29, 1.82) is 0 Å². The molecule has 0 aromatic carbocycles. The summed E-state index contributed by atoms with van der Waals surface area (Å²) in [5.41, 5.74) is -0.334. The van der Waals surface area contributed by atoms with Crippen LogP contribution in [0, 0.1) is 10.8 Å². The van der Waals surface area contributed by atoms with Gasteiger partial charge < -0.3 is 15.3 Å². The van der Waals surface area contributed by atoms with Crippen LogP contribution in [0.1, 0.15) is 52.9 Å². The maximum Gasteiger partial charge on any atom is 0.242 e. The molecule has 0 bridgehead atoms. The van der Waals surface area contributed by atoms with E-state index in [1.54, 1.807) is 4.90 Å². The summed E-state index contributed by atoms with van der Waals surface area (Å²) in [6, 6.07) is -0.318. The number of nitrogens with one attached hydrogen (secondary N) is 1. The minimum atomic E-state index is -0.447. The highest BCUT2D eigenvalue weighted by Crippen LogP contribution is 2.47. The summed E-state index contributed by atoms with van der Waals surface area (Å²) >= 11 is 0. The van der Waals surface area contributed by atoms with Gasteiger partial charge in [0.1, 0.15) is 6.04 Å². The van der Waals surface area contributed by atoms with E-state index in [1.807, 2.05) is 20.8 Å². The van der Waals surface area contributed by atoms with Gasteiger partial charge in [-0.25, -0.2) is 0 Å². The summed E-state index contributed by atoms with van der Waals surface area (Å²) < 4.78 is 0. The lowest BCUT2D eigenvalue weighted by atomic mass is 9.94. The molecule has 1 atom stereocenters. The number of nitrogens with zero attached hydrogens (tertiary/aromatic N) is 1. The molecule has 1 saturated heterocycles. The van der Waals surface area contributed by atoms with Crippen molar-refractivity contribution in [3.8, 4) is 0 Å². The van der Waals surface area contributed by atoms with E-state index in [4.69, 9.17) is 5.11 Å². The Morgan fingerprint density at radius 3 is 2.52 bits per heavy atom. The van der Waals surface area contributed by atoms with Gasteiger partial charge >= 0.3 is 0 Å². The van der Waals surface area contributed by atoms with Crippen molar-refractivity contribution in [2.24, 2.45) is 10.8 Å². The smallest absolute Gasteiger partial charge is 0.242 e. The SMILES string of the molecule is CC(C)(C)C(=O)N1CCCC1C(=O)NCC1(CCO)CC1. The van der Waals surface area contributed by atoms with Crippen LogP contribution in [-0.4, -0.2) is 47.6 Å². The Balaban J connectivity index is 1.91. The molecule has 0 aromatic heterocycles. The lowest BCUT2D eigenvalue weighted by molar-refractivity contribution is -0.144. The molecular formula is C16H28N2O3. The summed E-state index contributed by atoms with van der Waals surface area (Å²) in [7, 11) is 0. The van der Waals surface area contributed by atoms with Gasteiger partial charge in [-0.2, -0.15) is 0 Å². The Morgan fingerprint density at radius 2 is 2.00 bits per heavy atom. The third-order valence-electron chi connectivity index (χ3n) is 4.69. The summed E-state index contributed by atoms with van der Waals surface area (Å²) in [5, 5.41) is 12.1. The summed E-state index contributed by atoms with van der Waals surface area (Å²) in [6.07, 6.45) is 4.54. The zero-order valence-corrected chi connectivity index (χ0v) is 13.4. The third kappa shape index (κ3) is 3.76. The number of rotatable bonds is 5. The predicted octanol–water partition coefficient (Wildman–Crippen LogP) is 1.30. The molecule has 5 nitrogen and oxygen atoms in total. The van der Waals surface area contributed by atoms with E-state index in [9.17, 15) is 9.59 Å². The monoisotopic (exact) mass is 296 g/mol. The quantitative estimate of drug-likeness (QED) is 0.803. The van der Waals surface area contributed by atoms with Crippen molar-refractivity contribution < 1.29 is 14.7 Å². The second-order valence-electron chi connectivity index (χ2n) is 7.60. The fourth-order valence-corrected chi connectivity index (χ4v) is 3.03. The normalized spacial score (nSPS) is 24.0. The van der Waals surface area contributed by atoms with Crippen molar-refractivity contribution in [2.45, 2.75) is 58.9 Å². The zero-order chi connectivity index (χ0) is 15.7. The molecule has 0 radical (unpaired) electrons. The highest BCUT2D eigenvalue weighted by molar-refractivity contribution is 5.90. The Bertz CT molecular complexity index is 410. The zero-order valence-electron chi connectivity index (χ0n) is 13.4. The van der Waals surface area contributed by atoms with Crippen LogP contribution in [0.5, 0.6) is 0 Å². The number of aliphatic hydroxyl groups excluding tert-OH is 1. The molecular weight excluding hydrogens is 268 g/mol. The van der Waals surface area contributed by atoms with E-state index in [0.29, 0.717) is 13.1 Å². The minimum Gasteiger partial charge on any atom is -0.396 e. The van der Waals surface area contributed by atoms with Crippen LogP contribution >= 0.6 is 0 Å². The average Bonchev–Trinajstić information content (AvgIpc) is 3.00. The van der Waals surface area contributed by atoms with Gasteiger partial charge in [0.25, 0.3) is 0 Å². The summed E-state index contributed by atoms with van der Waals surface area (Å²) in [4.78, 5) is 26.5. The first-order chi connectivity index (χ1) is 9.79. The first-order valence-corrected chi connectivity index (χ1v) is 7.99. The molecule has 1 saturated carbocycles. The molecule has 2 rings (SSSR count). The lowest BCUT2D eigenvalue weighted by Gasteiger charge is -2.30. The van der Waals surface area contributed by atoms with Crippen LogP contribution in [0.2, 0.25) is 0 Å². The molecule has 2 fully saturated rings. The fraction of sp³-hybridized carbons (Fsp3) is 0.875.